The number of hydrogen-bond acceptors (Lipinski definition) is 4. The van der Waals surface area contributed by atoms with E-state index < -0.39 is 0 Å². The van der Waals surface area contributed by atoms with Gasteiger partial charge in [0.1, 0.15) is 11.2 Å². The fraction of sp³-hybridized carbons (Fsp3) is 0.0870. The van der Waals surface area contributed by atoms with Crippen molar-refractivity contribution < 1.29 is 4.42 Å². The Labute approximate surface area is 427 Å². The van der Waals surface area contributed by atoms with Crippen LogP contribution in [0.1, 0.15) is 33.4 Å². The number of pyridine rings is 3. The van der Waals surface area contributed by atoms with Gasteiger partial charge in [-0.2, -0.15) is 0 Å². The molecule has 0 atom stereocenters. The third-order valence-corrected chi connectivity index (χ3v) is 14.2. The smallest absolute Gasteiger partial charge is 0.136 e. The molecule has 0 N–H and O–H groups in total. The summed E-state index contributed by atoms with van der Waals surface area (Å²) in [5.74, 6) is 0. The van der Waals surface area contributed by atoms with E-state index in [1.54, 1.807) is 0 Å². The first-order valence-corrected chi connectivity index (χ1v) is 25.3. The van der Waals surface area contributed by atoms with Crippen molar-refractivity contribution >= 4 is 21.9 Å². The Bertz CT molecular complexity index is 3890. The van der Waals surface area contributed by atoms with Crippen LogP contribution in [-0.4, -0.2) is 15.0 Å². The van der Waals surface area contributed by atoms with Crippen LogP contribution < -0.4 is 0 Å². The molecule has 0 radical (unpaired) electrons. The summed E-state index contributed by atoms with van der Waals surface area (Å²) in [5, 5.41) is 2.23. The molecular weight excluding hydrogens is 887 g/mol. The highest BCUT2D eigenvalue weighted by molar-refractivity contribution is 6.07. The Hall–Kier alpha value is -8.99. The van der Waals surface area contributed by atoms with Crippen molar-refractivity contribution in [2.75, 3.05) is 0 Å². The van der Waals surface area contributed by atoms with Crippen molar-refractivity contribution in [2.24, 2.45) is 0 Å². The van der Waals surface area contributed by atoms with E-state index in [1.807, 2.05) is 30.7 Å². The summed E-state index contributed by atoms with van der Waals surface area (Å²) in [7, 11) is 0. The average Bonchev–Trinajstić information content (AvgIpc) is 3.82. The minimum Gasteiger partial charge on any atom is -0.456 e. The lowest BCUT2D eigenvalue weighted by Gasteiger charge is -2.15. The summed E-state index contributed by atoms with van der Waals surface area (Å²) in [6, 6.07) is 78.9. The van der Waals surface area contributed by atoms with Crippen molar-refractivity contribution in [2.45, 2.75) is 39.5 Å². The summed E-state index contributed by atoms with van der Waals surface area (Å²) in [4.78, 5) is 14.1. The van der Waals surface area contributed by atoms with E-state index in [9.17, 15) is 0 Å². The van der Waals surface area contributed by atoms with Gasteiger partial charge in [0.15, 0.2) is 0 Å². The van der Waals surface area contributed by atoms with E-state index in [0.29, 0.717) is 0 Å². The lowest BCUT2D eigenvalue weighted by atomic mass is 9.90. The highest BCUT2D eigenvalue weighted by Crippen LogP contribution is 2.38. The maximum absolute atomic E-state index is 6.41. The maximum Gasteiger partial charge on any atom is 0.136 e. The van der Waals surface area contributed by atoms with Crippen LogP contribution in [0.5, 0.6) is 0 Å². The lowest BCUT2D eigenvalue weighted by Crippen LogP contribution is -1.98. The summed E-state index contributed by atoms with van der Waals surface area (Å²) in [6.07, 6.45) is 9.49. The summed E-state index contributed by atoms with van der Waals surface area (Å²) in [5.41, 5.74) is 25.1. The van der Waals surface area contributed by atoms with Gasteiger partial charge in [-0.05, 0) is 172 Å². The molecule has 12 rings (SSSR count). The number of hydrogen-bond donors (Lipinski definition) is 0. The van der Waals surface area contributed by atoms with Gasteiger partial charge >= 0.3 is 0 Å². The van der Waals surface area contributed by atoms with Gasteiger partial charge in [-0.15, -0.1) is 0 Å². The Morgan fingerprint density at radius 3 is 1.52 bits per heavy atom. The van der Waals surface area contributed by atoms with E-state index in [1.165, 1.54) is 66.8 Å². The van der Waals surface area contributed by atoms with Gasteiger partial charge in [0.25, 0.3) is 0 Å². The predicted molar refractivity (Wildman–Crippen MR) is 302 cm³/mol. The van der Waals surface area contributed by atoms with Crippen LogP contribution in [0.3, 0.4) is 0 Å². The molecule has 0 amide bonds. The molecular formula is C69H53N3O. The molecule has 0 saturated carbocycles. The molecule has 0 unspecified atom stereocenters. The van der Waals surface area contributed by atoms with Gasteiger partial charge in [-0.1, -0.05) is 164 Å². The standard InChI is InChI=1S/C69H53N3O/c1-46-34-36-70-66(38-46)55-23-19-49(20-24-55)14-16-51-39-50(15-13-48-17-21-54(22-18-48)65-32-12-47(2)45-72-65)40-60(41-51)62-11-7-6-10-61(62)53-25-27-56(28-26-53)67-43-59(35-37-71-67)58-29-31-63-64-42-57(52-8-4-3-5-9-52)30-33-68(64)73-69(63)44-58/h3-12,17-45H,13-16H2,1-2H3. The molecule has 0 saturated heterocycles. The highest BCUT2D eigenvalue weighted by atomic mass is 16.3. The van der Waals surface area contributed by atoms with Crippen molar-refractivity contribution in [1.29, 1.82) is 0 Å². The SMILES string of the molecule is Cc1ccc(-c2ccc(CCc3cc(CCc4ccc(-c5cc(C)ccn5)cc4)cc(-c4ccccc4-c4ccc(-c5cc(-c6ccc7c(c6)oc6ccc(-c8ccccc8)cc67)ccn5)cc4)c3)cc2)nc1. The molecule has 0 aliphatic rings. The molecule has 12 aromatic rings. The van der Waals surface area contributed by atoms with E-state index >= 15 is 0 Å². The third kappa shape index (κ3) is 9.89. The highest BCUT2D eigenvalue weighted by Gasteiger charge is 2.14. The van der Waals surface area contributed by atoms with E-state index in [4.69, 9.17) is 9.40 Å². The van der Waals surface area contributed by atoms with E-state index in [0.717, 1.165) is 92.5 Å². The summed E-state index contributed by atoms with van der Waals surface area (Å²) < 4.78 is 6.41. The molecule has 73 heavy (non-hydrogen) atoms. The predicted octanol–water partition coefficient (Wildman–Crippen LogP) is 17.6. The van der Waals surface area contributed by atoms with E-state index in [2.05, 4.69) is 230 Å². The Kier molecular flexibility index (Phi) is 12.4. The van der Waals surface area contributed by atoms with Gasteiger partial charge in [-0.25, -0.2) is 0 Å². The molecule has 0 aliphatic heterocycles. The second kappa shape index (κ2) is 20.0. The summed E-state index contributed by atoms with van der Waals surface area (Å²) >= 11 is 0. The fourth-order valence-corrected chi connectivity index (χ4v) is 10.1. The minimum atomic E-state index is 0.875. The van der Waals surface area contributed by atoms with Crippen LogP contribution >= 0.6 is 0 Å². The molecule has 0 aliphatic carbocycles. The number of nitrogens with zero attached hydrogens (tertiary/aromatic N) is 3. The molecule has 0 spiro atoms. The van der Waals surface area contributed by atoms with Crippen LogP contribution in [0.2, 0.25) is 0 Å². The van der Waals surface area contributed by atoms with Crippen LogP contribution in [0.4, 0.5) is 0 Å². The number of furan rings is 1. The quantitative estimate of drug-likeness (QED) is 0.116. The molecule has 4 heterocycles. The number of rotatable bonds is 13. The summed E-state index contributed by atoms with van der Waals surface area (Å²) in [6.45, 7) is 4.19. The molecule has 0 bridgehead atoms. The zero-order chi connectivity index (χ0) is 49.1. The zero-order valence-corrected chi connectivity index (χ0v) is 41.1. The molecule has 4 nitrogen and oxygen atoms in total. The van der Waals surface area contributed by atoms with Crippen molar-refractivity contribution in [3.63, 3.8) is 0 Å². The van der Waals surface area contributed by atoms with Crippen LogP contribution in [0.25, 0.3) is 100 Å². The molecule has 350 valence electrons. The molecule has 4 aromatic heterocycles. The van der Waals surface area contributed by atoms with Crippen LogP contribution in [0.15, 0.2) is 241 Å². The molecule has 4 heteroatoms. The zero-order valence-electron chi connectivity index (χ0n) is 41.1. The second-order valence-electron chi connectivity index (χ2n) is 19.3. The van der Waals surface area contributed by atoms with Gasteiger partial charge < -0.3 is 4.42 Å². The first-order chi connectivity index (χ1) is 35.9. The van der Waals surface area contributed by atoms with Gasteiger partial charge in [0, 0.05) is 46.1 Å². The topological polar surface area (TPSA) is 51.8 Å². The Morgan fingerprint density at radius 1 is 0.301 bits per heavy atom. The number of aryl methyl sites for hydroxylation is 6. The second-order valence-corrected chi connectivity index (χ2v) is 19.3. The third-order valence-electron chi connectivity index (χ3n) is 14.2. The average molecular weight is 940 g/mol. The monoisotopic (exact) mass is 939 g/mol. The van der Waals surface area contributed by atoms with E-state index in [-0.39, 0.29) is 0 Å². The lowest BCUT2D eigenvalue weighted by molar-refractivity contribution is 0.669. The van der Waals surface area contributed by atoms with Crippen molar-refractivity contribution in [1.82, 2.24) is 15.0 Å². The first-order valence-electron chi connectivity index (χ1n) is 25.3. The number of benzene rings is 8. The fourth-order valence-electron chi connectivity index (χ4n) is 10.1. The first kappa shape index (κ1) is 45.2. The van der Waals surface area contributed by atoms with Gasteiger partial charge in [0.2, 0.25) is 0 Å². The van der Waals surface area contributed by atoms with Crippen molar-refractivity contribution in [3.8, 4) is 78.3 Å². The van der Waals surface area contributed by atoms with Gasteiger partial charge in [-0.3, -0.25) is 15.0 Å². The Balaban J connectivity index is 0.809. The van der Waals surface area contributed by atoms with Crippen molar-refractivity contribution in [3.05, 3.63) is 270 Å². The van der Waals surface area contributed by atoms with Crippen LogP contribution in [0, 0.1) is 13.8 Å². The minimum absolute atomic E-state index is 0.875. The molecule has 8 aromatic carbocycles. The van der Waals surface area contributed by atoms with Gasteiger partial charge in [0.05, 0.1) is 17.1 Å². The molecule has 0 fully saturated rings. The number of fused-ring (bicyclic) bond motifs is 3. The van der Waals surface area contributed by atoms with Crippen LogP contribution in [-0.2, 0) is 25.7 Å². The number of aromatic nitrogens is 3. The maximum atomic E-state index is 6.41. The largest absolute Gasteiger partial charge is 0.456 e. The Morgan fingerprint density at radius 2 is 0.849 bits per heavy atom. The normalized spacial score (nSPS) is 11.4.